The zero-order valence-electron chi connectivity index (χ0n) is 25.1. The summed E-state index contributed by atoms with van der Waals surface area (Å²) in [5, 5.41) is 14.1. The van der Waals surface area contributed by atoms with Gasteiger partial charge in [0.05, 0.1) is 5.57 Å². The third-order valence-electron chi connectivity index (χ3n) is 7.74. The average molecular weight is 610 g/mol. The Balaban J connectivity index is 1.59. The van der Waals surface area contributed by atoms with Crippen LogP contribution < -0.4 is 5.32 Å². The Morgan fingerprint density at radius 3 is 2.18 bits per heavy atom. The second-order valence-corrected chi connectivity index (χ2v) is 12.3. The lowest BCUT2D eigenvalue weighted by molar-refractivity contribution is -0.174. The third-order valence-corrected chi connectivity index (χ3v) is 7.74. The van der Waals surface area contributed by atoms with Crippen LogP contribution in [0.25, 0.3) is 0 Å². The first kappa shape index (κ1) is 32.6. The van der Waals surface area contributed by atoms with Gasteiger partial charge in [-0.15, -0.1) is 0 Å². The molecule has 1 aliphatic rings. The normalized spacial score (nSPS) is 18.0. The Labute approximate surface area is 255 Å². The lowest BCUT2D eigenvalue weighted by Gasteiger charge is -2.41. The SMILES string of the molecule is CC(C)(C)C(C1=C(O)CC(CCc2ccccc2)(CCC(F)(F)F)OC1=O)c1cccc(NC(=O)OCc2ccccc2)c1. The van der Waals surface area contributed by atoms with Crippen LogP contribution in [0.5, 0.6) is 0 Å². The number of aliphatic hydroxyl groups is 1. The van der Waals surface area contributed by atoms with E-state index in [1.807, 2.05) is 81.4 Å². The maximum Gasteiger partial charge on any atom is 0.411 e. The molecular formula is C35H38F3NO5. The summed E-state index contributed by atoms with van der Waals surface area (Å²) in [6, 6.07) is 25.3. The van der Waals surface area contributed by atoms with E-state index in [9.17, 15) is 27.9 Å². The lowest BCUT2D eigenvalue weighted by atomic mass is 9.70. The lowest BCUT2D eigenvalue weighted by Crippen LogP contribution is -2.43. The number of cyclic esters (lactones) is 1. The molecule has 2 atom stereocenters. The number of nitrogens with one attached hydrogen (secondary N) is 1. The molecule has 1 amide bonds. The Hall–Kier alpha value is -4.27. The largest absolute Gasteiger partial charge is 0.512 e. The van der Waals surface area contributed by atoms with E-state index in [0.717, 1.165) is 11.1 Å². The Morgan fingerprint density at radius 1 is 0.955 bits per heavy atom. The summed E-state index contributed by atoms with van der Waals surface area (Å²) in [5.41, 5.74) is 0.629. The van der Waals surface area contributed by atoms with Gasteiger partial charge in [-0.05, 0) is 53.5 Å². The van der Waals surface area contributed by atoms with Gasteiger partial charge in [0, 0.05) is 24.4 Å². The smallest absolute Gasteiger partial charge is 0.411 e. The van der Waals surface area contributed by atoms with Crippen molar-refractivity contribution in [3.63, 3.8) is 0 Å². The van der Waals surface area contributed by atoms with Gasteiger partial charge in [-0.1, -0.05) is 93.6 Å². The molecule has 0 radical (unpaired) electrons. The molecule has 4 rings (SSSR count). The molecule has 0 saturated heterocycles. The van der Waals surface area contributed by atoms with Crippen molar-refractivity contribution in [2.24, 2.45) is 5.41 Å². The first-order valence-corrected chi connectivity index (χ1v) is 14.6. The van der Waals surface area contributed by atoms with E-state index in [2.05, 4.69) is 5.32 Å². The van der Waals surface area contributed by atoms with Crippen molar-refractivity contribution in [2.45, 2.75) is 77.2 Å². The monoisotopic (exact) mass is 609 g/mol. The second kappa shape index (κ2) is 13.6. The number of hydrogen-bond donors (Lipinski definition) is 2. The molecule has 0 aliphatic carbocycles. The highest BCUT2D eigenvalue weighted by atomic mass is 19.4. The number of rotatable bonds is 10. The molecule has 9 heteroatoms. The summed E-state index contributed by atoms with van der Waals surface area (Å²) in [6.45, 7) is 5.75. The molecule has 1 aliphatic heterocycles. The topological polar surface area (TPSA) is 84.9 Å². The maximum absolute atomic E-state index is 13.7. The van der Waals surface area contributed by atoms with Gasteiger partial charge in [-0.25, -0.2) is 9.59 Å². The van der Waals surface area contributed by atoms with Crippen molar-refractivity contribution in [1.29, 1.82) is 0 Å². The molecule has 0 saturated carbocycles. The summed E-state index contributed by atoms with van der Waals surface area (Å²) in [6.07, 6.45) is -6.44. The van der Waals surface area contributed by atoms with Crippen molar-refractivity contribution < 1.29 is 37.3 Å². The van der Waals surface area contributed by atoms with E-state index < -0.39 is 48.0 Å². The standard InChI is InChI=1S/C35H38F3NO5/c1-33(2,3)30(26-15-10-16-27(21-26)39-32(42)43-23-25-13-8-5-9-14-25)29-28(40)22-34(44-31(29)41,19-20-35(36,37)38)18-17-24-11-6-4-7-12-24/h4-16,21,30,40H,17-20,22-23H2,1-3H3,(H,39,42). The number of ether oxygens (including phenoxy) is 2. The fraction of sp³-hybridized carbons (Fsp3) is 0.371. The van der Waals surface area contributed by atoms with Crippen molar-refractivity contribution in [1.82, 2.24) is 0 Å². The molecule has 3 aromatic carbocycles. The van der Waals surface area contributed by atoms with E-state index in [1.165, 1.54) is 0 Å². The Kier molecular flexibility index (Phi) is 10.1. The van der Waals surface area contributed by atoms with Crippen LogP contribution in [-0.4, -0.2) is 28.9 Å². The Morgan fingerprint density at radius 2 is 1.59 bits per heavy atom. The summed E-state index contributed by atoms with van der Waals surface area (Å²) in [4.78, 5) is 26.2. The maximum atomic E-state index is 13.7. The van der Waals surface area contributed by atoms with Gasteiger partial charge in [-0.2, -0.15) is 13.2 Å². The van der Waals surface area contributed by atoms with Crippen molar-refractivity contribution in [3.8, 4) is 0 Å². The van der Waals surface area contributed by atoms with Crippen LogP contribution in [0.3, 0.4) is 0 Å². The highest BCUT2D eigenvalue weighted by molar-refractivity contribution is 5.92. The van der Waals surface area contributed by atoms with Gasteiger partial charge in [0.15, 0.2) is 0 Å². The van der Waals surface area contributed by atoms with Crippen LogP contribution in [0.2, 0.25) is 0 Å². The highest BCUT2D eigenvalue weighted by Crippen LogP contribution is 2.48. The molecule has 0 bridgehead atoms. The predicted octanol–water partition coefficient (Wildman–Crippen LogP) is 9.04. The summed E-state index contributed by atoms with van der Waals surface area (Å²) < 4.78 is 51.2. The third kappa shape index (κ3) is 8.88. The minimum Gasteiger partial charge on any atom is -0.512 e. The quantitative estimate of drug-likeness (QED) is 0.224. The van der Waals surface area contributed by atoms with Crippen LogP contribution in [0, 0.1) is 5.41 Å². The Bertz CT molecular complexity index is 1460. The van der Waals surface area contributed by atoms with Crippen LogP contribution in [0.15, 0.2) is 96.3 Å². The molecule has 2 N–H and O–H groups in total. The number of esters is 1. The predicted molar refractivity (Wildman–Crippen MR) is 162 cm³/mol. The first-order valence-electron chi connectivity index (χ1n) is 14.6. The van der Waals surface area contributed by atoms with Crippen molar-refractivity contribution in [3.05, 3.63) is 113 Å². The van der Waals surface area contributed by atoms with E-state index >= 15 is 0 Å². The molecule has 1 heterocycles. The molecule has 0 aromatic heterocycles. The van der Waals surface area contributed by atoms with Gasteiger partial charge < -0.3 is 14.6 Å². The van der Waals surface area contributed by atoms with Gasteiger partial charge in [0.2, 0.25) is 0 Å². The fourth-order valence-corrected chi connectivity index (χ4v) is 5.65. The molecule has 44 heavy (non-hydrogen) atoms. The minimum atomic E-state index is -4.45. The number of halogens is 3. The van der Waals surface area contributed by atoms with E-state index in [0.29, 0.717) is 17.7 Å². The zero-order chi connectivity index (χ0) is 32.0. The highest BCUT2D eigenvalue weighted by Gasteiger charge is 2.47. The van der Waals surface area contributed by atoms with Crippen LogP contribution in [0.4, 0.5) is 23.7 Å². The number of anilines is 1. The number of amides is 1. The fourth-order valence-electron chi connectivity index (χ4n) is 5.65. The van der Waals surface area contributed by atoms with Gasteiger partial charge >= 0.3 is 18.2 Å². The molecule has 3 aromatic rings. The number of alkyl halides is 3. The van der Waals surface area contributed by atoms with Gasteiger partial charge in [0.1, 0.15) is 18.0 Å². The number of benzene rings is 3. The number of aryl methyl sites for hydroxylation is 1. The first-order chi connectivity index (χ1) is 20.7. The second-order valence-electron chi connectivity index (χ2n) is 12.3. The molecule has 234 valence electrons. The average Bonchev–Trinajstić information content (AvgIpc) is 2.96. The molecule has 0 fully saturated rings. The van der Waals surface area contributed by atoms with Crippen LogP contribution >= 0.6 is 0 Å². The van der Waals surface area contributed by atoms with Gasteiger partial charge in [0.25, 0.3) is 0 Å². The van der Waals surface area contributed by atoms with Crippen LogP contribution in [0.1, 0.15) is 69.1 Å². The number of carbonyl (C=O) groups is 2. The zero-order valence-corrected chi connectivity index (χ0v) is 25.1. The summed E-state index contributed by atoms with van der Waals surface area (Å²) in [5.74, 6) is -1.81. The minimum absolute atomic E-state index is 0.00338. The number of aliphatic hydroxyl groups excluding tert-OH is 1. The van der Waals surface area contributed by atoms with E-state index in [4.69, 9.17) is 9.47 Å². The summed E-state index contributed by atoms with van der Waals surface area (Å²) in [7, 11) is 0. The molecule has 2 unspecified atom stereocenters. The van der Waals surface area contributed by atoms with E-state index in [1.54, 1.807) is 24.3 Å². The van der Waals surface area contributed by atoms with Crippen LogP contribution in [-0.2, 0) is 27.3 Å². The van der Waals surface area contributed by atoms with Crippen molar-refractivity contribution >= 4 is 17.7 Å². The molecule has 6 nitrogen and oxygen atoms in total. The molecular weight excluding hydrogens is 571 g/mol. The number of carbonyl (C=O) groups excluding carboxylic acids is 2. The van der Waals surface area contributed by atoms with E-state index in [-0.39, 0.29) is 30.8 Å². The van der Waals surface area contributed by atoms with Gasteiger partial charge in [-0.3, -0.25) is 5.32 Å². The summed E-state index contributed by atoms with van der Waals surface area (Å²) >= 11 is 0. The molecule has 0 spiro atoms. The number of hydrogen-bond acceptors (Lipinski definition) is 5. The van der Waals surface area contributed by atoms with Crippen molar-refractivity contribution in [2.75, 3.05) is 5.32 Å².